The standard InChI is InChI=1S/C48H57ClN8O12/c1-68-39-4-3-5-40(69-2)45(39)38-24-36(52-56(38)37-8-9-50-35-23-33(49)6-7-34(35)37)46(66)51-48(31-19-29-18-30(21-31)22-32(48)20-29)47(67)57(28-44(64)65)16-14-54(26-42(60)61)12-10-53(25-41(58)59)11-13-55(15-17-57)27-43(62)63/h3-9,23-24,29-32H,10-22,25-28H2,1-2H3,(H4-,51,58,59,60,61,62,63,64,65,66)/p+1. The summed E-state index contributed by atoms with van der Waals surface area (Å²) in [5.74, 6) is -5.25. The second kappa shape index (κ2) is 20.4. The summed E-state index contributed by atoms with van der Waals surface area (Å²) < 4.78 is 12.5. The normalized spacial score (nSPS) is 24.2. The van der Waals surface area contributed by atoms with Gasteiger partial charge in [-0.2, -0.15) is 5.10 Å². The molecule has 5 fully saturated rings. The van der Waals surface area contributed by atoms with Gasteiger partial charge in [-0.3, -0.25) is 38.9 Å². The van der Waals surface area contributed by atoms with Crippen molar-refractivity contribution in [2.24, 2.45) is 23.7 Å². The molecule has 2 aromatic carbocycles. The molecule has 0 atom stereocenters. The number of carboxylic acids is 4. The third kappa shape index (κ3) is 10.3. The van der Waals surface area contributed by atoms with Gasteiger partial charge in [0.2, 0.25) is 0 Å². The number of methoxy groups -OCH3 is 2. The van der Waals surface area contributed by atoms with Crippen LogP contribution in [-0.2, 0) is 24.0 Å². The van der Waals surface area contributed by atoms with Crippen molar-refractivity contribution in [1.29, 1.82) is 0 Å². The highest BCUT2D eigenvalue weighted by atomic mass is 35.5. The van der Waals surface area contributed by atoms with Gasteiger partial charge in [-0.15, -0.1) is 0 Å². The third-order valence-corrected chi connectivity index (χ3v) is 15.0. The van der Waals surface area contributed by atoms with Gasteiger partial charge in [-0.25, -0.2) is 18.8 Å². The largest absolute Gasteiger partial charge is 0.496 e. The van der Waals surface area contributed by atoms with E-state index in [-0.39, 0.29) is 76.4 Å². The molecule has 5 N–H and O–H groups in total. The predicted octanol–water partition coefficient (Wildman–Crippen LogP) is 3.28. The number of quaternary nitrogens is 1. The minimum atomic E-state index is -1.60. The van der Waals surface area contributed by atoms with E-state index in [0.29, 0.717) is 81.9 Å². The Labute approximate surface area is 402 Å². The summed E-state index contributed by atoms with van der Waals surface area (Å²) in [7, 11) is 3.03. The molecule has 0 spiro atoms. The number of nitrogens with one attached hydrogen (secondary N) is 1. The van der Waals surface area contributed by atoms with Crippen molar-refractivity contribution < 1.29 is 63.2 Å². The van der Waals surface area contributed by atoms with E-state index < -0.39 is 65.3 Å². The average molecular weight is 974 g/mol. The first-order valence-electron chi connectivity index (χ1n) is 23.2. The maximum absolute atomic E-state index is 16.4. The number of carbonyl (C=O) groups is 6. The molecular formula is C48H58ClN8O12+. The first-order chi connectivity index (χ1) is 33.0. The lowest BCUT2D eigenvalue weighted by molar-refractivity contribution is -0.849. The Balaban J connectivity index is 1.26. The highest BCUT2D eigenvalue weighted by molar-refractivity contribution is 6.31. The Morgan fingerprint density at radius 2 is 1.26 bits per heavy atom. The molecule has 20 nitrogen and oxygen atoms in total. The van der Waals surface area contributed by atoms with Crippen molar-refractivity contribution >= 4 is 58.2 Å². The van der Waals surface area contributed by atoms with Crippen molar-refractivity contribution in [3.8, 4) is 28.4 Å². The summed E-state index contributed by atoms with van der Waals surface area (Å²) in [6, 6.07) is 13.9. The van der Waals surface area contributed by atoms with Crippen LogP contribution in [0.5, 0.6) is 11.5 Å². The molecule has 1 saturated heterocycles. The number of benzene rings is 2. The predicted molar refractivity (Wildman–Crippen MR) is 249 cm³/mol. The van der Waals surface area contributed by atoms with Crippen molar-refractivity contribution in [1.82, 2.24) is 34.8 Å². The highest BCUT2D eigenvalue weighted by Gasteiger charge is 2.67. The number of aromatic nitrogens is 3. The minimum Gasteiger partial charge on any atom is -0.496 e. The minimum absolute atomic E-state index is 0.0532. The average Bonchev–Trinajstić information content (AvgIpc) is 3.74. The summed E-state index contributed by atoms with van der Waals surface area (Å²) >= 11 is 6.39. The summed E-state index contributed by atoms with van der Waals surface area (Å²) in [5.41, 5.74) is 0.365. The van der Waals surface area contributed by atoms with Gasteiger partial charge in [0.05, 0.1) is 69.4 Å². The number of halogens is 1. The van der Waals surface area contributed by atoms with Crippen LogP contribution >= 0.6 is 11.6 Å². The van der Waals surface area contributed by atoms with E-state index in [0.717, 1.165) is 6.42 Å². The maximum Gasteiger partial charge on any atom is 0.359 e. The van der Waals surface area contributed by atoms with Crippen LogP contribution in [-0.4, -0.2) is 188 Å². The van der Waals surface area contributed by atoms with E-state index in [2.05, 4.69) is 10.3 Å². The van der Waals surface area contributed by atoms with Crippen LogP contribution in [0.3, 0.4) is 0 Å². The van der Waals surface area contributed by atoms with Crippen LogP contribution < -0.4 is 14.8 Å². The summed E-state index contributed by atoms with van der Waals surface area (Å²) in [5, 5.41) is 49.8. The summed E-state index contributed by atoms with van der Waals surface area (Å²) in [6.07, 6.45) is 5.06. The van der Waals surface area contributed by atoms with Crippen molar-refractivity contribution in [2.75, 3.05) is 92.8 Å². The molecule has 2 aromatic heterocycles. The Morgan fingerprint density at radius 1 is 0.725 bits per heavy atom. The van der Waals surface area contributed by atoms with E-state index in [1.165, 1.54) is 14.2 Å². The van der Waals surface area contributed by atoms with Crippen LogP contribution in [0.25, 0.3) is 27.8 Å². The number of pyridine rings is 1. The Kier molecular flexibility index (Phi) is 14.6. The molecule has 2 amide bonds. The van der Waals surface area contributed by atoms with E-state index in [1.807, 2.05) is 0 Å². The Hall–Kier alpha value is -6.19. The molecule has 1 aliphatic heterocycles. The van der Waals surface area contributed by atoms with Gasteiger partial charge in [0.15, 0.2) is 17.8 Å². The van der Waals surface area contributed by atoms with E-state index in [9.17, 15) is 39.6 Å². The van der Waals surface area contributed by atoms with Crippen molar-refractivity contribution in [3.05, 3.63) is 65.4 Å². The zero-order valence-corrected chi connectivity index (χ0v) is 39.3. The number of carboxylic acid groups (broad SMARTS) is 4. The fourth-order valence-corrected chi connectivity index (χ4v) is 12.0. The summed E-state index contributed by atoms with van der Waals surface area (Å²) in [4.78, 5) is 90.6. The molecule has 0 radical (unpaired) electrons. The maximum atomic E-state index is 16.4. The zero-order chi connectivity index (χ0) is 49.2. The number of fused-ring (bicyclic) bond motifs is 1. The van der Waals surface area contributed by atoms with Gasteiger partial charge in [0.1, 0.15) is 11.5 Å². The number of hydrogen-bond donors (Lipinski definition) is 5. The molecule has 4 bridgehead atoms. The molecule has 9 rings (SSSR count). The monoisotopic (exact) mass is 973 g/mol. The van der Waals surface area contributed by atoms with Gasteiger partial charge < -0.3 is 35.2 Å². The van der Waals surface area contributed by atoms with Gasteiger partial charge in [0, 0.05) is 55.9 Å². The molecule has 3 heterocycles. The number of ether oxygens (including phenoxy) is 2. The zero-order valence-electron chi connectivity index (χ0n) is 38.6. The number of hydrogen-bond acceptors (Lipinski definition) is 13. The van der Waals surface area contributed by atoms with Crippen LogP contribution in [0, 0.1) is 23.7 Å². The van der Waals surface area contributed by atoms with Gasteiger partial charge in [0.25, 0.3) is 5.91 Å². The van der Waals surface area contributed by atoms with Gasteiger partial charge in [-0.05, 0) is 98.2 Å². The topological polar surface area (TPSA) is 254 Å². The molecule has 4 saturated carbocycles. The number of carbonyl (C=O) groups excluding carboxylic acids is 2. The molecule has 21 heteroatoms. The molecule has 4 aromatic rings. The van der Waals surface area contributed by atoms with E-state index in [1.54, 1.807) is 74.1 Å². The lowest BCUT2D eigenvalue weighted by Gasteiger charge is -2.60. The first-order valence-corrected chi connectivity index (χ1v) is 23.5. The molecule has 4 aliphatic carbocycles. The SMILES string of the molecule is COc1cccc(OC)c1-c1cc(C(=O)NC2(C(=O)[N+]3(CC(=O)O)CCN(CC(=O)O)CCN(CC(=O)O)CCN(CC(=O)O)CC3)C3CC4CC(C3)CC2C4)nn1-c1ccnc2cc(Cl)ccc12. The second-order valence-electron chi connectivity index (χ2n) is 18.9. The summed E-state index contributed by atoms with van der Waals surface area (Å²) in [6.45, 7) is -2.19. The van der Waals surface area contributed by atoms with Crippen LogP contribution in [0.4, 0.5) is 0 Å². The molecule has 0 unspecified atom stereocenters. The quantitative estimate of drug-likeness (QED) is 0.107. The molecule has 368 valence electrons. The smallest absolute Gasteiger partial charge is 0.359 e. The lowest BCUT2D eigenvalue weighted by atomic mass is 9.48. The number of rotatable bonds is 15. The number of nitrogens with zero attached hydrogens (tertiary/aromatic N) is 7. The molecule has 5 aliphatic rings. The van der Waals surface area contributed by atoms with Gasteiger partial charge in [-0.1, -0.05) is 17.7 Å². The van der Waals surface area contributed by atoms with Gasteiger partial charge >= 0.3 is 29.8 Å². The van der Waals surface area contributed by atoms with E-state index >= 15 is 9.59 Å². The van der Waals surface area contributed by atoms with Crippen LogP contribution in [0.1, 0.15) is 42.6 Å². The number of aliphatic carboxylic acids is 4. The van der Waals surface area contributed by atoms with E-state index in [4.69, 9.17) is 26.2 Å². The first kappa shape index (κ1) is 49.2. The molecular weight excluding hydrogens is 916 g/mol. The van der Waals surface area contributed by atoms with Crippen molar-refractivity contribution in [2.45, 2.75) is 37.6 Å². The fourth-order valence-electron chi connectivity index (χ4n) is 11.8. The van der Waals surface area contributed by atoms with Crippen LogP contribution in [0.2, 0.25) is 5.02 Å². The molecule has 69 heavy (non-hydrogen) atoms. The van der Waals surface area contributed by atoms with Crippen molar-refractivity contribution in [3.63, 3.8) is 0 Å². The lowest BCUT2D eigenvalue weighted by Crippen LogP contribution is -2.77. The second-order valence-corrected chi connectivity index (χ2v) is 19.4. The number of amides is 2. The Morgan fingerprint density at radius 3 is 1.77 bits per heavy atom. The Bertz CT molecular complexity index is 2560. The highest BCUT2D eigenvalue weighted by Crippen LogP contribution is 2.59. The third-order valence-electron chi connectivity index (χ3n) is 14.7. The fraction of sp³-hybridized carbons (Fsp3) is 0.500. The van der Waals surface area contributed by atoms with Crippen LogP contribution in [0.15, 0.2) is 54.7 Å².